The predicted molar refractivity (Wildman–Crippen MR) is 111 cm³/mol. The second-order valence-corrected chi connectivity index (χ2v) is 8.72. The maximum absolute atomic E-state index is 13.6. The van der Waals surface area contributed by atoms with Crippen LogP contribution in [0, 0.1) is 18.8 Å². The zero-order valence-electron chi connectivity index (χ0n) is 17.3. The highest BCUT2D eigenvalue weighted by molar-refractivity contribution is 6.24. The van der Waals surface area contributed by atoms with Gasteiger partial charge in [-0.3, -0.25) is 19.3 Å². The van der Waals surface area contributed by atoms with E-state index in [0.29, 0.717) is 12.0 Å². The number of phenols is 1. The van der Waals surface area contributed by atoms with Gasteiger partial charge in [-0.05, 0) is 57.0 Å². The standard InChI is InChI=1S/C22H24N2O7.H2/c1-8-4-5-12(25)14-10(8)6-9-7-11-16(24(2)3)18(27)15(21(23)30)20(29)22(11,31)19(28)13(9)17(14)26;/h4-5,9,11,16,25-26,29,31H,6-7H2,1-3H3,(H2,23,30);1H/t9-,11-,16-,22-;/m0./s1. The van der Waals surface area contributed by atoms with E-state index in [0.717, 1.165) is 5.56 Å². The van der Waals surface area contributed by atoms with E-state index >= 15 is 0 Å². The Kier molecular flexibility index (Phi) is 4.53. The third-order valence-electron chi connectivity index (χ3n) is 6.84. The molecule has 4 rings (SSSR count). The molecule has 6 N–H and O–H groups in total. The molecule has 1 saturated carbocycles. The van der Waals surface area contributed by atoms with Gasteiger partial charge in [-0.2, -0.15) is 0 Å². The van der Waals surface area contributed by atoms with E-state index in [9.17, 15) is 34.8 Å². The topological polar surface area (TPSA) is 161 Å². The van der Waals surface area contributed by atoms with Crippen LogP contribution in [0.4, 0.5) is 0 Å². The van der Waals surface area contributed by atoms with Crippen molar-refractivity contribution in [1.82, 2.24) is 4.90 Å². The van der Waals surface area contributed by atoms with E-state index in [-0.39, 0.29) is 24.7 Å². The molecule has 0 spiro atoms. The summed E-state index contributed by atoms with van der Waals surface area (Å²) >= 11 is 0. The van der Waals surface area contributed by atoms with E-state index in [1.807, 2.05) is 6.92 Å². The fourth-order valence-electron chi connectivity index (χ4n) is 5.40. The molecule has 31 heavy (non-hydrogen) atoms. The van der Waals surface area contributed by atoms with Crippen molar-refractivity contribution in [3.63, 3.8) is 0 Å². The largest absolute Gasteiger partial charge is 0.508 e. The summed E-state index contributed by atoms with van der Waals surface area (Å²) in [5.41, 5.74) is 3.30. The van der Waals surface area contributed by atoms with E-state index in [2.05, 4.69) is 0 Å². The maximum atomic E-state index is 13.6. The quantitative estimate of drug-likeness (QED) is 0.424. The Bertz CT molecular complexity index is 1120. The number of hydrogen-bond acceptors (Lipinski definition) is 8. The first kappa shape index (κ1) is 21.1. The molecule has 0 aromatic heterocycles. The van der Waals surface area contributed by atoms with Gasteiger partial charge in [0.2, 0.25) is 5.78 Å². The first-order valence-corrected chi connectivity index (χ1v) is 9.89. The summed E-state index contributed by atoms with van der Waals surface area (Å²) in [6.07, 6.45) is 0.385. The van der Waals surface area contributed by atoms with Gasteiger partial charge in [-0.1, -0.05) is 6.07 Å². The second kappa shape index (κ2) is 6.66. The molecule has 0 bridgehead atoms. The molecule has 1 aromatic carbocycles. The van der Waals surface area contributed by atoms with Crippen molar-refractivity contribution in [2.45, 2.75) is 31.4 Å². The van der Waals surface area contributed by atoms with Crippen molar-refractivity contribution in [1.29, 1.82) is 0 Å². The van der Waals surface area contributed by atoms with Crippen LogP contribution < -0.4 is 5.73 Å². The van der Waals surface area contributed by atoms with Gasteiger partial charge in [-0.25, -0.2) is 0 Å². The Morgan fingerprint density at radius 2 is 1.87 bits per heavy atom. The van der Waals surface area contributed by atoms with Gasteiger partial charge < -0.3 is 26.2 Å². The number of primary amides is 1. The number of benzene rings is 1. The lowest BCUT2D eigenvalue weighted by Crippen LogP contribution is -2.65. The summed E-state index contributed by atoms with van der Waals surface area (Å²) < 4.78 is 0. The van der Waals surface area contributed by atoms with Crippen LogP contribution in [-0.4, -0.2) is 68.5 Å². The van der Waals surface area contributed by atoms with Gasteiger partial charge in [0.1, 0.15) is 22.8 Å². The Balaban J connectivity index is 0.00000289. The van der Waals surface area contributed by atoms with Crippen molar-refractivity contribution >= 4 is 23.2 Å². The highest BCUT2D eigenvalue weighted by atomic mass is 16.3. The van der Waals surface area contributed by atoms with Crippen molar-refractivity contribution in [3.8, 4) is 5.75 Å². The van der Waals surface area contributed by atoms with Gasteiger partial charge in [-0.15, -0.1) is 0 Å². The van der Waals surface area contributed by atoms with Crippen LogP contribution in [0.1, 0.15) is 24.5 Å². The lowest BCUT2D eigenvalue weighted by Gasteiger charge is -2.50. The monoisotopic (exact) mass is 430 g/mol. The third kappa shape index (κ3) is 2.60. The van der Waals surface area contributed by atoms with Crippen molar-refractivity contribution in [3.05, 3.63) is 45.7 Å². The molecule has 0 unspecified atom stereocenters. The van der Waals surface area contributed by atoms with Gasteiger partial charge in [0.15, 0.2) is 11.4 Å². The number of aliphatic hydroxyl groups is 3. The number of nitrogens with zero attached hydrogens (tertiary/aromatic N) is 1. The molecule has 3 aliphatic rings. The Labute approximate surface area is 179 Å². The minimum absolute atomic E-state index is 0. The van der Waals surface area contributed by atoms with Gasteiger partial charge >= 0.3 is 0 Å². The van der Waals surface area contributed by atoms with Crippen LogP contribution in [0.3, 0.4) is 0 Å². The summed E-state index contributed by atoms with van der Waals surface area (Å²) in [7, 11) is 3.13. The predicted octanol–water partition coefficient (Wildman–Crippen LogP) is 0.518. The number of Topliss-reactive ketones (excluding diaryl/α,β-unsaturated/α-hetero) is 2. The number of carbonyl (C=O) groups excluding carboxylic acids is 3. The minimum atomic E-state index is -2.61. The van der Waals surface area contributed by atoms with Crippen LogP contribution in [0.25, 0.3) is 5.76 Å². The third-order valence-corrected chi connectivity index (χ3v) is 6.84. The van der Waals surface area contributed by atoms with Gasteiger partial charge in [0, 0.05) is 12.9 Å². The van der Waals surface area contributed by atoms with E-state index in [4.69, 9.17) is 5.73 Å². The van der Waals surface area contributed by atoms with Gasteiger partial charge in [0.25, 0.3) is 5.91 Å². The molecule has 3 aliphatic carbocycles. The Hall–Kier alpha value is -3.17. The molecule has 1 aromatic rings. The average molecular weight is 430 g/mol. The molecule has 166 valence electrons. The highest BCUT2D eigenvalue weighted by Crippen LogP contribution is 2.52. The van der Waals surface area contributed by atoms with Crippen molar-refractivity contribution in [2.75, 3.05) is 14.1 Å². The van der Waals surface area contributed by atoms with Crippen LogP contribution in [0.5, 0.6) is 5.75 Å². The van der Waals surface area contributed by atoms with E-state index in [1.165, 1.54) is 11.0 Å². The number of phenolic OH excluding ortho intramolecular Hbond substituents is 1. The normalized spacial score (nSPS) is 30.3. The van der Waals surface area contributed by atoms with E-state index in [1.54, 1.807) is 20.2 Å². The molecule has 0 saturated heterocycles. The number of aromatic hydroxyl groups is 1. The number of nitrogens with two attached hydrogens (primary N) is 1. The molecule has 1 amide bonds. The molecule has 0 aliphatic heterocycles. The zero-order chi connectivity index (χ0) is 23.0. The molecular formula is C22H26N2O7. The number of rotatable bonds is 2. The first-order valence-electron chi connectivity index (χ1n) is 9.89. The molecule has 0 heterocycles. The van der Waals surface area contributed by atoms with Crippen molar-refractivity contribution < 1.29 is 36.2 Å². The van der Waals surface area contributed by atoms with Crippen LogP contribution in [0.15, 0.2) is 29.0 Å². The number of carbonyl (C=O) groups is 3. The van der Waals surface area contributed by atoms with Crippen LogP contribution in [-0.2, 0) is 20.8 Å². The first-order chi connectivity index (χ1) is 14.4. The molecule has 4 atom stereocenters. The smallest absolute Gasteiger partial charge is 0.255 e. The number of hydrogen-bond donors (Lipinski definition) is 5. The lowest BCUT2D eigenvalue weighted by atomic mass is 9.57. The second-order valence-electron chi connectivity index (χ2n) is 8.72. The minimum Gasteiger partial charge on any atom is -0.508 e. The Morgan fingerprint density at radius 1 is 1.23 bits per heavy atom. The summed E-state index contributed by atoms with van der Waals surface area (Å²) in [4.78, 5) is 39.9. The lowest BCUT2D eigenvalue weighted by molar-refractivity contribution is -0.153. The maximum Gasteiger partial charge on any atom is 0.255 e. The highest BCUT2D eigenvalue weighted by Gasteiger charge is 2.64. The Morgan fingerprint density at radius 3 is 2.45 bits per heavy atom. The SMILES string of the molecule is Cc1ccc(O)c2c1C[C@H]1C[C@H]3[C@H](N(C)C)C(=O)C(C(N)=O)=C(O)[C@@]3(O)C(=O)C1=C2O.[HH]. The number of aryl methyl sites for hydroxylation is 1. The number of ketones is 2. The fraction of sp³-hybridized carbons (Fsp3) is 0.409. The molecule has 0 radical (unpaired) electrons. The number of aliphatic hydroxyl groups excluding tert-OH is 2. The molecule has 1 fully saturated rings. The molecular weight excluding hydrogens is 404 g/mol. The number of fused-ring (bicyclic) bond motifs is 3. The van der Waals surface area contributed by atoms with Gasteiger partial charge in [0.05, 0.1) is 11.6 Å². The number of amides is 1. The summed E-state index contributed by atoms with van der Waals surface area (Å²) in [6.45, 7) is 1.82. The summed E-state index contributed by atoms with van der Waals surface area (Å²) in [5, 5.41) is 43.4. The van der Waals surface area contributed by atoms with Crippen LogP contribution >= 0.6 is 0 Å². The number of likely N-dealkylation sites (N-methyl/N-ethyl adjacent to an activating group) is 1. The van der Waals surface area contributed by atoms with E-state index < -0.39 is 58.0 Å². The zero-order valence-corrected chi connectivity index (χ0v) is 17.3. The molecule has 9 nitrogen and oxygen atoms in total. The van der Waals surface area contributed by atoms with Crippen LogP contribution in [0.2, 0.25) is 0 Å². The van der Waals surface area contributed by atoms with Crippen molar-refractivity contribution in [2.24, 2.45) is 17.6 Å². The summed E-state index contributed by atoms with van der Waals surface area (Å²) in [5.74, 6) is -6.42. The average Bonchev–Trinajstić information content (AvgIpc) is 2.67. The summed E-state index contributed by atoms with van der Waals surface area (Å²) in [6, 6.07) is 2.02. The molecule has 9 heteroatoms. The fourth-order valence-corrected chi connectivity index (χ4v) is 5.40.